The van der Waals surface area contributed by atoms with Crippen LogP contribution in [0.1, 0.15) is 77.5 Å². The van der Waals surface area contributed by atoms with Crippen molar-refractivity contribution in [2.45, 2.75) is 83.7 Å². The summed E-state index contributed by atoms with van der Waals surface area (Å²) < 4.78 is 0. The van der Waals surface area contributed by atoms with Crippen LogP contribution in [-0.2, 0) is 10.8 Å². The third-order valence-electron chi connectivity index (χ3n) is 5.05. The van der Waals surface area contributed by atoms with Crippen molar-refractivity contribution in [3.63, 3.8) is 0 Å². The average Bonchev–Trinajstić information content (AvgIpc) is 2.43. The highest BCUT2D eigenvalue weighted by Gasteiger charge is 2.26. The maximum absolute atomic E-state index is 10.9. The minimum absolute atomic E-state index is 0. The number of benzene rings is 1. The van der Waals surface area contributed by atoms with Crippen molar-refractivity contribution in [2.24, 2.45) is 11.5 Å². The number of aromatic hydroxyl groups is 1. The molecule has 1 aromatic rings. The van der Waals surface area contributed by atoms with Crippen LogP contribution in [0.15, 0.2) is 17.7 Å². The van der Waals surface area contributed by atoms with Gasteiger partial charge in [-0.05, 0) is 41.7 Å². The summed E-state index contributed by atoms with van der Waals surface area (Å²) in [6.45, 7) is 13.0. The first-order chi connectivity index (χ1) is 10.9. The molecule has 1 aliphatic carbocycles. The largest absolute Gasteiger partial charge is 0.507 e. The summed E-state index contributed by atoms with van der Waals surface area (Å²) in [6.07, 6.45) is 5.06. The number of nitrogens with two attached hydrogens (primary N) is 2. The second-order valence-electron chi connectivity index (χ2n) is 9.26. The fourth-order valence-corrected chi connectivity index (χ4v) is 3.30. The summed E-state index contributed by atoms with van der Waals surface area (Å²) in [6, 6.07) is 4.14. The lowest BCUT2D eigenvalue weighted by Crippen LogP contribution is -2.45. The Morgan fingerprint density at radius 3 is 1.93 bits per heavy atom. The Bertz CT molecular complexity index is 645. The molecule has 0 radical (unpaired) electrons. The van der Waals surface area contributed by atoms with Gasteiger partial charge in [-0.2, -0.15) is 0 Å². The molecular formula is C21H42N2O5. The van der Waals surface area contributed by atoms with Gasteiger partial charge in [-0.25, -0.2) is 0 Å². The highest BCUT2D eigenvalue weighted by molar-refractivity contribution is 5.65. The van der Waals surface area contributed by atoms with Crippen LogP contribution in [0.25, 0.3) is 6.08 Å². The fourth-order valence-electron chi connectivity index (χ4n) is 3.30. The van der Waals surface area contributed by atoms with Crippen molar-refractivity contribution in [1.29, 1.82) is 0 Å². The van der Waals surface area contributed by atoms with Crippen molar-refractivity contribution in [3.8, 4) is 5.75 Å². The SMILES string of the molecule is CC(C)(C)c1cc(C=C2CCCC(N)C2N)c(O)c(C(C)(C)C)c1.O.O.O.O. The summed E-state index contributed by atoms with van der Waals surface area (Å²) in [5.41, 5.74) is 16.5. The zero-order chi connectivity index (χ0) is 18.3. The molecule has 1 saturated carbocycles. The molecule has 2 atom stereocenters. The molecule has 7 heteroatoms. The zero-order valence-electron chi connectivity index (χ0n) is 18.1. The van der Waals surface area contributed by atoms with Crippen molar-refractivity contribution in [2.75, 3.05) is 0 Å². The van der Waals surface area contributed by atoms with E-state index in [1.807, 2.05) is 0 Å². The first-order valence-corrected chi connectivity index (χ1v) is 9.01. The van der Waals surface area contributed by atoms with E-state index in [4.69, 9.17) is 11.5 Å². The first kappa shape index (κ1) is 31.2. The topological polar surface area (TPSA) is 198 Å². The summed E-state index contributed by atoms with van der Waals surface area (Å²) >= 11 is 0. The van der Waals surface area contributed by atoms with Gasteiger partial charge in [-0.15, -0.1) is 0 Å². The predicted octanol–water partition coefficient (Wildman–Crippen LogP) is 0.910. The average molecular weight is 403 g/mol. The smallest absolute Gasteiger partial charge is 0.126 e. The third kappa shape index (κ3) is 6.84. The molecule has 0 aliphatic heterocycles. The number of rotatable bonds is 1. The summed E-state index contributed by atoms with van der Waals surface area (Å²) in [5, 5.41) is 10.9. The van der Waals surface area contributed by atoms with Crippen molar-refractivity contribution in [1.82, 2.24) is 0 Å². The number of phenolic OH excluding ortho intramolecular Hbond substituents is 1. The lowest BCUT2D eigenvalue weighted by atomic mass is 9.78. The summed E-state index contributed by atoms with van der Waals surface area (Å²) in [5.74, 6) is 0.370. The monoisotopic (exact) mass is 402 g/mol. The van der Waals surface area contributed by atoms with E-state index in [0.717, 1.165) is 36.0 Å². The molecule has 0 saturated heterocycles. The molecule has 1 aromatic carbocycles. The molecule has 0 heterocycles. The van der Waals surface area contributed by atoms with Gasteiger partial charge in [0.15, 0.2) is 0 Å². The second kappa shape index (κ2) is 10.9. The standard InChI is InChI=1S/C21H34N2O.4H2O/c1-20(2,3)15-11-14(19(24)16(12-15)21(4,5)6)10-13-8-7-9-17(22)18(13)23;;;;/h10-12,17-18,24H,7-9,22-23H2,1-6H3;4*1H2. The van der Waals surface area contributed by atoms with Gasteiger partial charge in [-0.3, -0.25) is 0 Å². The van der Waals surface area contributed by atoms with Crippen molar-refractivity contribution in [3.05, 3.63) is 34.4 Å². The quantitative estimate of drug-likeness (QED) is 0.628. The van der Waals surface area contributed by atoms with Gasteiger partial charge >= 0.3 is 0 Å². The van der Waals surface area contributed by atoms with E-state index in [1.165, 1.54) is 5.56 Å². The van der Waals surface area contributed by atoms with Crippen LogP contribution in [0.5, 0.6) is 5.75 Å². The van der Waals surface area contributed by atoms with E-state index in [-0.39, 0.29) is 44.8 Å². The van der Waals surface area contributed by atoms with E-state index >= 15 is 0 Å². The van der Waals surface area contributed by atoms with Gasteiger partial charge in [0.1, 0.15) is 5.75 Å². The number of hydrogen-bond acceptors (Lipinski definition) is 3. The molecule has 13 N–H and O–H groups in total. The van der Waals surface area contributed by atoms with Crippen LogP contribution < -0.4 is 11.5 Å². The van der Waals surface area contributed by atoms with Gasteiger partial charge in [0.25, 0.3) is 0 Å². The Balaban J connectivity index is -0.00000156. The lowest BCUT2D eigenvalue weighted by Gasteiger charge is -2.30. The lowest BCUT2D eigenvalue weighted by molar-refractivity contribution is 0.442. The third-order valence-corrected chi connectivity index (χ3v) is 5.05. The van der Waals surface area contributed by atoms with E-state index < -0.39 is 0 Å². The van der Waals surface area contributed by atoms with Crippen LogP contribution in [-0.4, -0.2) is 39.1 Å². The maximum Gasteiger partial charge on any atom is 0.126 e. The Labute approximate surface area is 169 Å². The van der Waals surface area contributed by atoms with Gasteiger partial charge in [-0.1, -0.05) is 59.3 Å². The van der Waals surface area contributed by atoms with Gasteiger partial charge in [0.2, 0.25) is 0 Å². The Morgan fingerprint density at radius 1 is 0.929 bits per heavy atom. The Hall–Kier alpha value is -1.48. The highest BCUT2D eigenvalue weighted by Crippen LogP contribution is 2.39. The second-order valence-corrected chi connectivity index (χ2v) is 9.26. The molecule has 0 spiro atoms. The van der Waals surface area contributed by atoms with Crippen LogP contribution in [0.2, 0.25) is 0 Å². The van der Waals surface area contributed by atoms with Crippen LogP contribution in [0.4, 0.5) is 0 Å². The normalized spacial score (nSPS) is 20.9. The van der Waals surface area contributed by atoms with Gasteiger partial charge < -0.3 is 38.5 Å². The van der Waals surface area contributed by atoms with Crippen molar-refractivity contribution >= 4 is 6.08 Å². The molecule has 0 bridgehead atoms. The fraction of sp³-hybridized carbons (Fsp3) is 0.619. The van der Waals surface area contributed by atoms with E-state index in [0.29, 0.717) is 5.75 Å². The molecule has 1 fully saturated rings. The maximum atomic E-state index is 10.9. The van der Waals surface area contributed by atoms with E-state index in [2.05, 4.69) is 59.8 Å². The molecule has 28 heavy (non-hydrogen) atoms. The Morgan fingerprint density at radius 2 is 1.46 bits per heavy atom. The minimum atomic E-state index is -0.121. The Kier molecular flexibility index (Phi) is 12.2. The molecule has 2 unspecified atom stereocenters. The van der Waals surface area contributed by atoms with E-state index in [9.17, 15) is 5.11 Å². The molecule has 0 aromatic heterocycles. The van der Waals surface area contributed by atoms with Crippen LogP contribution in [0, 0.1) is 0 Å². The van der Waals surface area contributed by atoms with E-state index in [1.54, 1.807) is 0 Å². The van der Waals surface area contributed by atoms with Crippen LogP contribution in [0.3, 0.4) is 0 Å². The molecule has 0 amide bonds. The molecule has 1 aliphatic rings. The molecule has 166 valence electrons. The highest BCUT2D eigenvalue weighted by atomic mass is 16.3. The summed E-state index contributed by atoms with van der Waals surface area (Å²) in [7, 11) is 0. The molecule has 2 rings (SSSR count). The summed E-state index contributed by atoms with van der Waals surface area (Å²) in [4.78, 5) is 0. The van der Waals surface area contributed by atoms with Gasteiger partial charge in [0.05, 0.1) is 0 Å². The number of phenols is 1. The molecular weight excluding hydrogens is 360 g/mol. The zero-order valence-corrected chi connectivity index (χ0v) is 18.1. The predicted molar refractivity (Wildman–Crippen MR) is 118 cm³/mol. The molecule has 7 nitrogen and oxygen atoms in total. The van der Waals surface area contributed by atoms with Crippen LogP contribution >= 0.6 is 0 Å². The van der Waals surface area contributed by atoms with Gasteiger partial charge in [0, 0.05) is 23.2 Å². The minimum Gasteiger partial charge on any atom is -0.507 e. The number of hydrogen-bond donors (Lipinski definition) is 3. The van der Waals surface area contributed by atoms with Crippen molar-refractivity contribution < 1.29 is 27.0 Å². The first-order valence-electron chi connectivity index (χ1n) is 9.01.